The van der Waals surface area contributed by atoms with E-state index >= 15 is 0 Å². The molecule has 1 aliphatic heterocycles. The first-order valence-electron chi connectivity index (χ1n) is 3.78. The first-order valence-corrected chi connectivity index (χ1v) is 4.86. The van der Waals surface area contributed by atoms with E-state index in [1.165, 1.54) is 0 Å². The average molecular weight is 287 g/mol. The van der Waals surface area contributed by atoms with Gasteiger partial charge in [0.25, 0.3) is 5.91 Å². The molecule has 0 atom stereocenters. The second-order valence-corrected chi connectivity index (χ2v) is 4.00. The van der Waals surface area contributed by atoms with Crippen molar-refractivity contribution in [1.29, 1.82) is 0 Å². The number of rotatable bonds is 1. The van der Waals surface area contributed by atoms with E-state index in [1.807, 2.05) is 0 Å². The predicted octanol–water partition coefficient (Wildman–Crippen LogP) is 1.35. The van der Waals surface area contributed by atoms with E-state index in [-0.39, 0.29) is 5.91 Å². The van der Waals surface area contributed by atoms with Gasteiger partial charge >= 0.3 is 0 Å². The third kappa shape index (κ3) is 1.35. The van der Waals surface area contributed by atoms with Gasteiger partial charge < -0.3 is 5.32 Å². The number of carbonyl (C=O) groups excluding carboxylic acids is 2. The highest BCUT2D eigenvalue weighted by Gasteiger charge is 2.21. The number of amides is 1. The fourth-order valence-corrected chi connectivity index (χ4v) is 2.36. The van der Waals surface area contributed by atoms with E-state index in [0.717, 1.165) is 15.4 Å². The molecule has 3 nitrogen and oxygen atoms in total. The molecular weight excluding hydrogens is 281 g/mol. The molecule has 1 aromatic carbocycles. The summed E-state index contributed by atoms with van der Waals surface area (Å²) in [5, 5.41) is 2.72. The van der Waals surface area contributed by atoms with Gasteiger partial charge in [0.1, 0.15) is 6.29 Å². The van der Waals surface area contributed by atoms with Crippen LogP contribution in [0.2, 0.25) is 0 Å². The largest absolute Gasteiger partial charge is 0.348 e. The van der Waals surface area contributed by atoms with Gasteiger partial charge in [0.15, 0.2) is 0 Å². The Labute approximate surface area is 88.7 Å². The lowest BCUT2D eigenvalue weighted by Crippen LogP contribution is -2.13. The molecule has 1 heterocycles. The zero-order valence-corrected chi connectivity index (χ0v) is 8.79. The van der Waals surface area contributed by atoms with E-state index in [9.17, 15) is 9.59 Å². The fraction of sp³-hybridized carbons (Fsp3) is 0.111. The number of hydrogen-bond donors (Lipinski definition) is 1. The van der Waals surface area contributed by atoms with E-state index < -0.39 is 0 Å². The van der Waals surface area contributed by atoms with Crippen molar-refractivity contribution in [2.75, 3.05) is 0 Å². The van der Waals surface area contributed by atoms with Crippen LogP contribution in [0.3, 0.4) is 0 Å². The molecule has 1 aliphatic rings. The Kier molecular flexibility index (Phi) is 2.07. The van der Waals surface area contributed by atoms with Crippen LogP contribution in [0.4, 0.5) is 0 Å². The molecule has 0 bridgehead atoms. The number of carbonyl (C=O) groups is 2. The summed E-state index contributed by atoms with van der Waals surface area (Å²) in [7, 11) is 0. The normalized spacial score (nSPS) is 13.8. The molecule has 13 heavy (non-hydrogen) atoms. The van der Waals surface area contributed by atoms with E-state index in [4.69, 9.17) is 0 Å². The van der Waals surface area contributed by atoms with Crippen molar-refractivity contribution in [3.63, 3.8) is 0 Å². The van der Waals surface area contributed by atoms with E-state index in [0.29, 0.717) is 17.7 Å². The fourth-order valence-electron chi connectivity index (χ4n) is 1.41. The SMILES string of the molecule is O=Cc1cc(I)c2c(c1)CNC2=O. The molecule has 0 saturated heterocycles. The van der Waals surface area contributed by atoms with Gasteiger partial charge in [-0.05, 0) is 40.3 Å². The summed E-state index contributed by atoms with van der Waals surface area (Å²) in [5.41, 5.74) is 2.25. The van der Waals surface area contributed by atoms with E-state index in [1.54, 1.807) is 12.1 Å². The van der Waals surface area contributed by atoms with Gasteiger partial charge in [-0.25, -0.2) is 0 Å². The third-order valence-corrected chi connectivity index (χ3v) is 2.85. The van der Waals surface area contributed by atoms with Gasteiger partial charge in [0.05, 0.1) is 5.56 Å². The number of fused-ring (bicyclic) bond motifs is 1. The third-order valence-electron chi connectivity index (χ3n) is 2.00. The number of benzene rings is 1. The zero-order chi connectivity index (χ0) is 9.42. The van der Waals surface area contributed by atoms with Crippen LogP contribution in [0.25, 0.3) is 0 Å². The van der Waals surface area contributed by atoms with Crippen LogP contribution >= 0.6 is 22.6 Å². The minimum Gasteiger partial charge on any atom is -0.348 e. The van der Waals surface area contributed by atoms with Gasteiger partial charge in [-0.2, -0.15) is 0 Å². The highest BCUT2D eigenvalue weighted by molar-refractivity contribution is 14.1. The van der Waals surface area contributed by atoms with Crippen LogP contribution in [0, 0.1) is 3.57 Å². The van der Waals surface area contributed by atoms with Crippen molar-refractivity contribution in [1.82, 2.24) is 5.32 Å². The molecule has 0 aromatic heterocycles. The number of halogens is 1. The van der Waals surface area contributed by atoms with Crippen molar-refractivity contribution in [3.05, 3.63) is 32.4 Å². The summed E-state index contributed by atoms with van der Waals surface area (Å²) >= 11 is 2.07. The summed E-state index contributed by atoms with van der Waals surface area (Å²) in [5.74, 6) is -0.0446. The first-order chi connectivity index (χ1) is 6.22. The molecule has 0 saturated carbocycles. The Balaban J connectivity index is 2.65. The molecular formula is C9H6INO2. The molecule has 0 unspecified atom stereocenters. The molecule has 0 aliphatic carbocycles. The minimum absolute atomic E-state index is 0.0446. The van der Waals surface area contributed by atoms with Crippen molar-refractivity contribution in [2.24, 2.45) is 0 Å². The van der Waals surface area contributed by atoms with Crippen LogP contribution < -0.4 is 5.32 Å². The molecule has 0 spiro atoms. The Bertz CT molecular complexity index is 401. The van der Waals surface area contributed by atoms with Gasteiger partial charge in [0.2, 0.25) is 0 Å². The standard InChI is InChI=1S/C9H6INO2/c10-7-2-5(4-12)1-6-3-11-9(13)8(6)7/h1-2,4H,3H2,(H,11,13). The van der Waals surface area contributed by atoms with Crippen LogP contribution in [-0.4, -0.2) is 12.2 Å². The smallest absolute Gasteiger partial charge is 0.252 e. The summed E-state index contributed by atoms with van der Waals surface area (Å²) < 4.78 is 0.840. The topological polar surface area (TPSA) is 46.2 Å². The minimum atomic E-state index is -0.0446. The van der Waals surface area contributed by atoms with Crippen molar-refractivity contribution in [2.45, 2.75) is 6.54 Å². The maximum Gasteiger partial charge on any atom is 0.252 e. The molecule has 4 heteroatoms. The maximum atomic E-state index is 11.3. The van der Waals surface area contributed by atoms with Gasteiger partial charge in [-0.15, -0.1) is 0 Å². The maximum absolute atomic E-state index is 11.3. The highest BCUT2D eigenvalue weighted by Crippen LogP contribution is 2.22. The van der Waals surface area contributed by atoms with Crippen molar-refractivity contribution >= 4 is 34.8 Å². The lowest BCUT2D eigenvalue weighted by molar-refractivity contribution is 0.0964. The first kappa shape index (κ1) is 8.68. The van der Waals surface area contributed by atoms with Gasteiger partial charge in [0, 0.05) is 15.7 Å². The Hall–Kier alpha value is -0.910. The molecule has 1 aromatic rings. The number of hydrogen-bond acceptors (Lipinski definition) is 2. The summed E-state index contributed by atoms with van der Waals surface area (Å²) in [4.78, 5) is 21.8. The second-order valence-electron chi connectivity index (χ2n) is 2.84. The van der Waals surface area contributed by atoms with Crippen LogP contribution in [0.1, 0.15) is 26.3 Å². The molecule has 1 amide bonds. The Morgan fingerprint density at radius 3 is 2.92 bits per heavy atom. The Morgan fingerprint density at radius 2 is 2.23 bits per heavy atom. The summed E-state index contributed by atoms with van der Waals surface area (Å²) in [6.45, 7) is 0.534. The van der Waals surface area contributed by atoms with Crippen LogP contribution in [0.15, 0.2) is 12.1 Å². The van der Waals surface area contributed by atoms with Crippen LogP contribution in [0.5, 0.6) is 0 Å². The number of nitrogens with one attached hydrogen (secondary N) is 1. The van der Waals surface area contributed by atoms with Gasteiger partial charge in [-0.3, -0.25) is 9.59 Å². The molecule has 1 N–H and O–H groups in total. The van der Waals surface area contributed by atoms with Crippen LogP contribution in [-0.2, 0) is 6.54 Å². The van der Waals surface area contributed by atoms with Crippen molar-refractivity contribution in [3.8, 4) is 0 Å². The molecule has 2 rings (SSSR count). The quantitative estimate of drug-likeness (QED) is 0.626. The number of aldehydes is 1. The Morgan fingerprint density at radius 1 is 1.46 bits per heavy atom. The molecule has 0 radical (unpaired) electrons. The molecule has 0 fully saturated rings. The second kappa shape index (κ2) is 3.10. The average Bonchev–Trinajstić information content (AvgIpc) is 2.48. The lowest BCUT2D eigenvalue weighted by Gasteiger charge is -2.00. The zero-order valence-electron chi connectivity index (χ0n) is 6.63. The highest BCUT2D eigenvalue weighted by atomic mass is 127. The van der Waals surface area contributed by atoms with Gasteiger partial charge in [-0.1, -0.05) is 0 Å². The predicted molar refractivity (Wildman–Crippen MR) is 55.7 cm³/mol. The van der Waals surface area contributed by atoms with Crippen molar-refractivity contribution < 1.29 is 9.59 Å². The molecule has 66 valence electrons. The summed E-state index contributed by atoms with van der Waals surface area (Å²) in [6.07, 6.45) is 0.797. The van der Waals surface area contributed by atoms with E-state index in [2.05, 4.69) is 27.9 Å². The lowest BCUT2D eigenvalue weighted by atomic mass is 10.1. The monoisotopic (exact) mass is 287 g/mol. The summed E-state index contributed by atoms with van der Waals surface area (Å²) in [6, 6.07) is 3.47.